The van der Waals surface area contributed by atoms with Gasteiger partial charge in [0, 0.05) is 17.6 Å². The first-order valence-electron chi connectivity index (χ1n) is 10.6. The fourth-order valence-corrected chi connectivity index (χ4v) is 4.28. The van der Waals surface area contributed by atoms with E-state index in [-0.39, 0.29) is 30.3 Å². The molecule has 0 aliphatic heterocycles. The third-order valence-corrected chi connectivity index (χ3v) is 6.10. The molecule has 31 heavy (non-hydrogen) atoms. The molecule has 166 valence electrons. The SMILES string of the molecule is COc1cccc([C@@H](C(=O)NC2CCCCC2)N(Cc2ccc(Cl)cc2)C(=O)CCl)c1. The normalized spacial score (nSPS) is 15.2. The van der Waals surface area contributed by atoms with Crippen LogP contribution in [0.2, 0.25) is 5.02 Å². The van der Waals surface area contributed by atoms with Crippen LogP contribution >= 0.6 is 23.2 Å². The third kappa shape index (κ3) is 6.37. The Hall–Kier alpha value is -2.24. The van der Waals surface area contributed by atoms with Gasteiger partial charge < -0.3 is 15.0 Å². The van der Waals surface area contributed by atoms with Crippen LogP contribution in [0, 0.1) is 0 Å². The van der Waals surface area contributed by atoms with Crippen LogP contribution in [-0.4, -0.2) is 35.7 Å². The maximum atomic E-state index is 13.5. The Morgan fingerprint density at radius 3 is 2.48 bits per heavy atom. The van der Waals surface area contributed by atoms with E-state index in [2.05, 4.69) is 5.32 Å². The van der Waals surface area contributed by atoms with Gasteiger partial charge in [0.15, 0.2) is 0 Å². The standard InChI is InChI=1S/C24H28Cl2N2O3/c1-31-21-9-5-6-18(14-21)23(24(30)27-20-7-3-2-4-8-20)28(22(29)15-25)16-17-10-12-19(26)13-11-17/h5-6,9-14,20,23H,2-4,7-8,15-16H2,1H3,(H,27,30)/t23-/m0/s1. The highest BCUT2D eigenvalue weighted by molar-refractivity contribution is 6.30. The van der Waals surface area contributed by atoms with Crippen LogP contribution in [0.4, 0.5) is 0 Å². The number of hydrogen-bond donors (Lipinski definition) is 1. The summed E-state index contributed by atoms with van der Waals surface area (Å²) in [6.07, 6.45) is 5.31. The van der Waals surface area contributed by atoms with Crippen LogP contribution in [0.1, 0.15) is 49.3 Å². The summed E-state index contributed by atoms with van der Waals surface area (Å²) >= 11 is 12.0. The molecule has 2 aromatic carbocycles. The van der Waals surface area contributed by atoms with E-state index in [1.807, 2.05) is 30.3 Å². The first kappa shape index (κ1) is 23.4. The minimum atomic E-state index is -0.820. The molecule has 0 saturated heterocycles. The van der Waals surface area contributed by atoms with Crippen molar-refractivity contribution in [3.05, 3.63) is 64.7 Å². The van der Waals surface area contributed by atoms with Crippen LogP contribution in [0.15, 0.2) is 48.5 Å². The van der Waals surface area contributed by atoms with Gasteiger partial charge in [-0.15, -0.1) is 11.6 Å². The van der Waals surface area contributed by atoms with E-state index in [9.17, 15) is 9.59 Å². The third-order valence-electron chi connectivity index (χ3n) is 5.62. The van der Waals surface area contributed by atoms with Gasteiger partial charge in [-0.1, -0.05) is 55.1 Å². The molecule has 7 heteroatoms. The van der Waals surface area contributed by atoms with Crippen LogP contribution < -0.4 is 10.1 Å². The molecule has 0 aromatic heterocycles. The molecule has 2 aromatic rings. The highest BCUT2D eigenvalue weighted by Gasteiger charge is 2.33. The second kappa shape index (κ2) is 11.4. The summed E-state index contributed by atoms with van der Waals surface area (Å²) < 4.78 is 5.36. The molecule has 5 nitrogen and oxygen atoms in total. The number of nitrogens with zero attached hydrogens (tertiary/aromatic N) is 1. The Kier molecular flexibility index (Phi) is 8.61. The second-order valence-electron chi connectivity index (χ2n) is 7.80. The molecule has 1 saturated carbocycles. The van der Waals surface area contributed by atoms with Gasteiger partial charge in [0.1, 0.15) is 17.7 Å². The van der Waals surface area contributed by atoms with E-state index in [1.165, 1.54) is 11.3 Å². The summed E-state index contributed by atoms with van der Waals surface area (Å²) in [6.45, 7) is 0.239. The predicted octanol–water partition coefficient (Wildman–Crippen LogP) is 5.11. The summed E-state index contributed by atoms with van der Waals surface area (Å²) in [5.41, 5.74) is 1.54. The largest absolute Gasteiger partial charge is 0.497 e. The zero-order chi connectivity index (χ0) is 22.2. The number of methoxy groups -OCH3 is 1. The summed E-state index contributed by atoms with van der Waals surface area (Å²) in [5, 5.41) is 3.78. The number of carbonyl (C=O) groups is 2. The minimum absolute atomic E-state index is 0.123. The van der Waals surface area contributed by atoms with Crippen LogP contribution in [0.3, 0.4) is 0 Å². The lowest BCUT2D eigenvalue weighted by atomic mass is 9.94. The van der Waals surface area contributed by atoms with Gasteiger partial charge in [-0.2, -0.15) is 0 Å². The number of benzene rings is 2. The van der Waals surface area contributed by atoms with Gasteiger partial charge in [0.25, 0.3) is 0 Å². The fraction of sp³-hybridized carbons (Fsp3) is 0.417. The number of halogens is 2. The Morgan fingerprint density at radius 1 is 1.13 bits per heavy atom. The van der Waals surface area contributed by atoms with Crippen molar-refractivity contribution >= 4 is 35.0 Å². The molecule has 0 radical (unpaired) electrons. The molecule has 1 atom stereocenters. The Labute approximate surface area is 193 Å². The molecule has 1 N–H and O–H groups in total. The number of alkyl halides is 1. The maximum Gasteiger partial charge on any atom is 0.247 e. The van der Waals surface area contributed by atoms with E-state index in [0.29, 0.717) is 16.3 Å². The number of nitrogens with one attached hydrogen (secondary N) is 1. The first-order valence-corrected chi connectivity index (χ1v) is 11.5. The van der Waals surface area contributed by atoms with Gasteiger partial charge in [-0.25, -0.2) is 0 Å². The van der Waals surface area contributed by atoms with Gasteiger partial charge in [0.05, 0.1) is 7.11 Å². The van der Waals surface area contributed by atoms with Crippen molar-refractivity contribution in [2.45, 2.75) is 50.7 Å². The fourth-order valence-electron chi connectivity index (χ4n) is 4.00. The van der Waals surface area contributed by atoms with Crippen molar-refractivity contribution < 1.29 is 14.3 Å². The maximum absolute atomic E-state index is 13.5. The lowest BCUT2D eigenvalue weighted by Crippen LogP contribution is -2.47. The Morgan fingerprint density at radius 2 is 1.84 bits per heavy atom. The van der Waals surface area contributed by atoms with Crippen LogP contribution in [0.5, 0.6) is 5.75 Å². The smallest absolute Gasteiger partial charge is 0.247 e. The van der Waals surface area contributed by atoms with E-state index in [1.54, 1.807) is 25.3 Å². The average molecular weight is 463 g/mol. The predicted molar refractivity (Wildman–Crippen MR) is 123 cm³/mol. The average Bonchev–Trinajstić information content (AvgIpc) is 2.80. The van der Waals surface area contributed by atoms with Gasteiger partial charge in [0.2, 0.25) is 11.8 Å². The number of amides is 2. The van der Waals surface area contributed by atoms with Crippen molar-refractivity contribution in [3.63, 3.8) is 0 Å². The zero-order valence-corrected chi connectivity index (χ0v) is 19.2. The molecule has 1 aliphatic carbocycles. The van der Waals surface area contributed by atoms with Crippen molar-refractivity contribution in [1.82, 2.24) is 10.2 Å². The van der Waals surface area contributed by atoms with Gasteiger partial charge in [-0.3, -0.25) is 9.59 Å². The number of carbonyl (C=O) groups excluding carboxylic acids is 2. The quantitative estimate of drug-likeness (QED) is 0.554. The lowest BCUT2D eigenvalue weighted by molar-refractivity contribution is -0.140. The number of rotatable bonds is 8. The molecular formula is C24H28Cl2N2O3. The van der Waals surface area contributed by atoms with Crippen LogP contribution in [0.25, 0.3) is 0 Å². The molecule has 0 bridgehead atoms. The Bertz CT molecular complexity index is 883. The molecule has 0 heterocycles. The molecule has 3 rings (SSSR count). The molecular weight excluding hydrogens is 435 g/mol. The van der Waals surface area contributed by atoms with Gasteiger partial charge in [-0.05, 0) is 48.2 Å². The number of ether oxygens (including phenoxy) is 1. The summed E-state index contributed by atoms with van der Waals surface area (Å²) in [5.74, 6) is -0.112. The Balaban J connectivity index is 1.95. The molecule has 2 amide bonds. The lowest BCUT2D eigenvalue weighted by Gasteiger charge is -2.33. The van der Waals surface area contributed by atoms with E-state index in [4.69, 9.17) is 27.9 Å². The van der Waals surface area contributed by atoms with Crippen molar-refractivity contribution in [3.8, 4) is 5.75 Å². The molecule has 1 aliphatic rings. The zero-order valence-electron chi connectivity index (χ0n) is 17.7. The molecule has 0 spiro atoms. The first-order chi connectivity index (χ1) is 15.0. The number of hydrogen-bond acceptors (Lipinski definition) is 3. The highest BCUT2D eigenvalue weighted by atomic mass is 35.5. The van der Waals surface area contributed by atoms with Gasteiger partial charge >= 0.3 is 0 Å². The minimum Gasteiger partial charge on any atom is -0.497 e. The van der Waals surface area contributed by atoms with Crippen molar-refractivity contribution in [2.75, 3.05) is 13.0 Å². The second-order valence-corrected chi connectivity index (χ2v) is 8.51. The van der Waals surface area contributed by atoms with Crippen molar-refractivity contribution in [1.29, 1.82) is 0 Å². The van der Waals surface area contributed by atoms with E-state index in [0.717, 1.165) is 31.2 Å². The van der Waals surface area contributed by atoms with E-state index < -0.39 is 6.04 Å². The van der Waals surface area contributed by atoms with E-state index >= 15 is 0 Å². The summed E-state index contributed by atoms with van der Waals surface area (Å²) in [6, 6.07) is 13.8. The monoisotopic (exact) mass is 462 g/mol. The molecule has 1 fully saturated rings. The summed E-state index contributed by atoms with van der Waals surface area (Å²) in [7, 11) is 1.58. The van der Waals surface area contributed by atoms with Crippen LogP contribution in [-0.2, 0) is 16.1 Å². The molecule has 0 unspecified atom stereocenters. The van der Waals surface area contributed by atoms with Crippen molar-refractivity contribution in [2.24, 2.45) is 0 Å². The summed E-state index contributed by atoms with van der Waals surface area (Å²) in [4.78, 5) is 27.9. The highest BCUT2D eigenvalue weighted by Crippen LogP contribution is 2.28. The topological polar surface area (TPSA) is 58.6 Å².